The largest absolute Gasteiger partial charge is 0.377 e. The van der Waals surface area contributed by atoms with Gasteiger partial charge in [-0.1, -0.05) is 6.07 Å². The number of halogens is 3. The Balaban J connectivity index is 1.82. The van der Waals surface area contributed by atoms with Crippen LogP contribution in [0.2, 0.25) is 0 Å². The predicted molar refractivity (Wildman–Crippen MR) is 89.7 cm³/mol. The minimum atomic E-state index is -3.75. The van der Waals surface area contributed by atoms with Crippen LogP contribution in [-0.2, 0) is 14.8 Å². The molecule has 2 aromatic rings. The van der Waals surface area contributed by atoms with Crippen LogP contribution in [0, 0.1) is 17.5 Å². The molecule has 1 heterocycles. The topological polar surface area (TPSA) is 67.4 Å². The second-order valence-corrected chi connectivity index (χ2v) is 7.74. The summed E-state index contributed by atoms with van der Waals surface area (Å²) in [4.78, 5) is -0.192. The first kappa shape index (κ1) is 18.7. The lowest BCUT2D eigenvalue weighted by Crippen LogP contribution is -2.24. The third-order valence-corrected chi connectivity index (χ3v) is 5.64. The molecular weight excluding hydrogens is 369 g/mol. The second-order valence-electron chi connectivity index (χ2n) is 5.85. The van der Waals surface area contributed by atoms with E-state index in [0.717, 1.165) is 18.2 Å². The van der Waals surface area contributed by atoms with Gasteiger partial charge in [-0.2, -0.15) is 0 Å². The summed E-state index contributed by atoms with van der Waals surface area (Å²) >= 11 is 0. The molecule has 26 heavy (non-hydrogen) atoms. The van der Waals surface area contributed by atoms with Crippen LogP contribution in [0.4, 0.5) is 18.9 Å². The molecule has 1 fully saturated rings. The van der Waals surface area contributed by atoms with Crippen molar-refractivity contribution in [3.05, 3.63) is 59.4 Å². The zero-order valence-electron chi connectivity index (χ0n) is 13.8. The minimum absolute atomic E-state index is 0.100. The van der Waals surface area contributed by atoms with Gasteiger partial charge in [0.05, 0.1) is 16.6 Å². The quantitative estimate of drug-likeness (QED) is 0.829. The molecule has 0 bridgehead atoms. The number of rotatable bonds is 5. The number of anilines is 1. The maximum atomic E-state index is 14.3. The van der Waals surface area contributed by atoms with Crippen molar-refractivity contribution >= 4 is 15.7 Å². The zero-order valence-corrected chi connectivity index (χ0v) is 14.6. The maximum absolute atomic E-state index is 14.3. The van der Waals surface area contributed by atoms with Crippen LogP contribution in [0.1, 0.15) is 18.1 Å². The molecule has 0 amide bonds. The van der Waals surface area contributed by atoms with E-state index in [1.165, 1.54) is 25.2 Å². The lowest BCUT2D eigenvalue weighted by Gasteiger charge is -2.22. The van der Waals surface area contributed by atoms with E-state index in [1.54, 1.807) is 0 Å². The van der Waals surface area contributed by atoms with Gasteiger partial charge in [-0.3, -0.25) is 0 Å². The summed E-state index contributed by atoms with van der Waals surface area (Å²) < 4.78 is 72.0. The minimum Gasteiger partial charge on any atom is -0.377 e. The summed E-state index contributed by atoms with van der Waals surface area (Å²) in [6.07, 6.45) is -0.0511. The fourth-order valence-corrected chi connectivity index (χ4v) is 3.59. The van der Waals surface area contributed by atoms with Gasteiger partial charge >= 0.3 is 0 Å². The Morgan fingerprint density at radius 2 is 1.81 bits per heavy atom. The molecule has 1 saturated heterocycles. The second kappa shape index (κ2) is 7.26. The van der Waals surface area contributed by atoms with Crippen LogP contribution < -0.4 is 10.0 Å². The first-order chi connectivity index (χ1) is 12.3. The normalized spacial score (nSPS) is 20.3. The Morgan fingerprint density at radius 3 is 2.46 bits per heavy atom. The summed E-state index contributed by atoms with van der Waals surface area (Å²) in [6.45, 7) is 0.370. The maximum Gasteiger partial charge on any atom is 0.240 e. The van der Waals surface area contributed by atoms with E-state index in [9.17, 15) is 21.6 Å². The molecule has 140 valence electrons. The molecule has 3 rings (SSSR count). The van der Waals surface area contributed by atoms with Crippen LogP contribution in [0.5, 0.6) is 0 Å². The van der Waals surface area contributed by atoms with Crippen molar-refractivity contribution in [1.29, 1.82) is 0 Å². The first-order valence-electron chi connectivity index (χ1n) is 7.88. The van der Waals surface area contributed by atoms with E-state index in [4.69, 9.17) is 4.74 Å². The molecule has 0 radical (unpaired) electrons. The van der Waals surface area contributed by atoms with Crippen molar-refractivity contribution in [2.75, 3.05) is 19.0 Å². The third-order valence-electron chi connectivity index (χ3n) is 4.22. The van der Waals surface area contributed by atoms with E-state index < -0.39 is 33.6 Å². The molecule has 0 spiro atoms. The SMILES string of the molecule is CNS(=O)(=O)c1ccc(NC2CCOC2c2ccc(F)c(F)c2)c(F)c1. The van der Waals surface area contributed by atoms with Crippen molar-refractivity contribution in [3.8, 4) is 0 Å². The van der Waals surface area contributed by atoms with Gasteiger partial charge in [-0.25, -0.2) is 26.3 Å². The lowest BCUT2D eigenvalue weighted by molar-refractivity contribution is 0.107. The average molecular weight is 386 g/mol. The summed E-state index contributed by atoms with van der Waals surface area (Å²) in [5.41, 5.74) is 0.539. The van der Waals surface area contributed by atoms with Gasteiger partial charge in [0.25, 0.3) is 0 Å². The average Bonchev–Trinajstić information content (AvgIpc) is 3.07. The van der Waals surface area contributed by atoms with E-state index in [1.807, 2.05) is 0 Å². The van der Waals surface area contributed by atoms with Gasteiger partial charge in [0.15, 0.2) is 11.6 Å². The summed E-state index contributed by atoms with van der Waals surface area (Å²) in [5.74, 6) is -2.68. The fourth-order valence-electron chi connectivity index (χ4n) is 2.85. The van der Waals surface area contributed by atoms with Gasteiger partial charge in [0, 0.05) is 6.61 Å². The van der Waals surface area contributed by atoms with Crippen molar-refractivity contribution in [2.24, 2.45) is 0 Å². The number of hydrogen-bond acceptors (Lipinski definition) is 4. The first-order valence-corrected chi connectivity index (χ1v) is 9.36. The van der Waals surface area contributed by atoms with Crippen LogP contribution in [0.15, 0.2) is 41.3 Å². The molecule has 0 aromatic heterocycles. The Morgan fingerprint density at radius 1 is 1.04 bits per heavy atom. The molecule has 2 atom stereocenters. The van der Waals surface area contributed by atoms with Crippen molar-refractivity contribution < 1.29 is 26.3 Å². The molecule has 1 aliphatic heterocycles. The van der Waals surface area contributed by atoms with Crippen LogP contribution in [0.3, 0.4) is 0 Å². The molecule has 0 saturated carbocycles. The van der Waals surface area contributed by atoms with E-state index in [2.05, 4.69) is 10.0 Å². The van der Waals surface area contributed by atoms with Gasteiger partial charge in [-0.15, -0.1) is 0 Å². The molecule has 2 aromatic carbocycles. The zero-order chi connectivity index (χ0) is 18.9. The number of benzene rings is 2. The Hall–Kier alpha value is -2.10. The highest BCUT2D eigenvalue weighted by Gasteiger charge is 2.31. The predicted octanol–water partition coefficient (Wildman–Crippen LogP) is 2.95. The molecule has 9 heteroatoms. The Bertz CT molecular complexity index is 921. The number of ether oxygens (including phenoxy) is 1. The number of hydrogen-bond donors (Lipinski definition) is 2. The van der Waals surface area contributed by atoms with Crippen LogP contribution >= 0.6 is 0 Å². The lowest BCUT2D eigenvalue weighted by atomic mass is 10.0. The van der Waals surface area contributed by atoms with Gasteiger partial charge in [0.1, 0.15) is 11.9 Å². The van der Waals surface area contributed by atoms with Crippen LogP contribution in [-0.4, -0.2) is 28.1 Å². The van der Waals surface area contributed by atoms with Crippen molar-refractivity contribution in [2.45, 2.75) is 23.5 Å². The van der Waals surface area contributed by atoms with Crippen molar-refractivity contribution in [3.63, 3.8) is 0 Å². The summed E-state index contributed by atoms with van der Waals surface area (Å²) in [5, 5.41) is 2.96. The smallest absolute Gasteiger partial charge is 0.240 e. The molecule has 2 unspecified atom stereocenters. The van der Waals surface area contributed by atoms with Crippen LogP contribution in [0.25, 0.3) is 0 Å². The third kappa shape index (κ3) is 3.69. The molecule has 5 nitrogen and oxygen atoms in total. The number of nitrogens with one attached hydrogen (secondary N) is 2. The van der Waals surface area contributed by atoms with E-state index in [-0.39, 0.29) is 16.6 Å². The van der Waals surface area contributed by atoms with E-state index >= 15 is 0 Å². The van der Waals surface area contributed by atoms with E-state index in [0.29, 0.717) is 18.6 Å². The summed E-state index contributed by atoms with van der Waals surface area (Å²) in [7, 11) is -2.51. The monoisotopic (exact) mass is 386 g/mol. The highest BCUT2D eigenvalue weighted by Crippen LogP contribution is 2.33. The highest BCUT2D eigenvalue weighted by molar-refractivity contribution is 7.89. The van der Waals surface area contributed by atoms with Crippen molar-refractivity contribution in [1.82, 2.24) is 4.72 Å². The van der Waals surface area contributed by atoms with Gasteiger partial charge in [-0.05, 0) is 49.4 Å². The Kier molecular flexibility index (Phi) is 5.22. The standard InChI is InChI=1S/C17H17F3N2O3S/c1-21-26(23,24)11-3-5-15(14(20)9-11)22-16-6-7-25-17(16)10-2-4-12(18)13(19)8-10/h2-5,8-9,16-17,21-22H,6-7H2,1H3. The molecule has 2 N–H and O–H groups in total. The summed E-state index contributed by atoms with van der Waals surface area (Å²) in [6, 6.07) is 6.62. The molecular formula is C17H17F3N2O3S. The van der Waals surface area contributed by atoms with Gasteiger partial charge < -0.3 is 10.1 Å². The Labute approximate surface area is 149 Å². The van der Waals surface area contributed by atoms with Gasteiger partial charge in [0.2, 0.25) is 10.0 Å². The fraction of sp³-hybridized carbons (Fsp3) is 0.294. The molecule has 1 aliphatic rings. The highest BCUT2D eigenvalue weighted by atomic mass is 32.2. The molecule has 0 aliphatic carbocycles. The number of sulfonamides is 1.